The number of hydrogen-bond donors (Lipinski definition) is 1. The van der Waals surface area contributed by atoms with Crippen LogP contribution < -0.4 is 19.1 Å². The molecule has 0 saturated heterocycles. The van der Waals surface area contributed by atoms with E-state index in [1.165, 1.54) is 48.9 Å². The van der Waals surface area contributed by atoms with Crippen molar-refractivity contribution >= 4 is 49.7 Å². The highest BCUT2D eigenvalue weighted by atomic mass is 32.1. The number of aliphatic hydroxyl groups is 1. The number of fused-ring (bicyclic) bond motifs is 1. The Hall–Kier alpha value is -3.89. The van der Waals surface area contributed by atoms with Crippen LogP contribution in [0.1, 0.15) is 32.4 Å². The van der Waals surface area contributed by atoms with Crippen molar-refractivity contribution in [1.29, 1.82) is 0 Å². The summed E-state index contributed by atoms with van der Waals surface area (Å²) in [6.45, 7) is 3.96. The Morgan fingerprint density at radius 2 is 1.76 bits per heavy atom. The first-order valence-electron chi connectivity index (χ1n) is 11.3. The monoisotopic (exact) mass is 536 g/mol. The van der Waals surface area contributed by atoms with E-state index in [9.17, 15) is 14.7 Å². The van der Waals surface area contributed by atoms with Gasteiger partial charge in [-0.1, -0.05) is 23.5 Å². The number of Topliss-reactive ketones (excluding diaryl/α,β-unsaturated/α-hetero) is 1. The molecule has 1 amide bonds. The fourth-order valence-electron chi connectivity index (χ4n) is 4.61. The zero-order chi connectivity index (χ0) is 26.4. The van der Waals surface area contributed by atoms with Crippen molar-refractivity contribution in [3.05, 3.63) is 74.7 Å². The van der Waals surface area contributed by atoms with Gasteiger partial charge in [0.25, 0.3) is 5.91 Å². The topological polar surface area (TPSA) is 98.2 Å². The third-order valence-electron chi connectivity index (χ3n) is 6.23. The second kappa shape index (κ2) is 9.53. The molecule has 10 heteroatoms. The first-order valence-corrected chi connectivity index (χ1v) is 13.0. The summed E-state index contributed by atoms with van der Waals surface area (Å²) >= 11 is 2.56. The number of ether oxygens (including phenoxy) is 3. The summed E-state index contributed by atoms with van der Waals surface area (Å²) in [6, 6.07) is 9.81. The minimum absolute atomic E-state index is 0.0334. The van der Waals surface area contributed by atoms with Crippen molar-refractivity contribution in [2.24, 2.45) is 0 Å². The smallest absolute Gasteiger partial charge is 0.296 e. The average Bonchev–Trinajstić information content (AvgIpc) is 3.62. The highest BCUT2D eigenvalue weighted by Gasteiger charge is 2.46. The summed E-state index contributed by atoms with van der Waals surface area (Å²) < 4.78 is 17.4. The molecule has 1 N–H and O–H groups in total. The number of hydrogen-bond acceptors (Lipinski definition) is 9. The van der Waals surface area contributed by atoms with Crippen LogP contribution in [0.3, 0.4) is 0 Å². The van der Waals surface area contributed by atoms with Crippen LogP contribution in [-0.4, -0.2) is 43.1 Å². The Balaban J connectivity index is 1.75. The van der Waals surface area contributed by atoms with Crippen LogP contribution in [-0.2, 0) is 4.79 Å². The third-order valence-corrected chi connectivity index (χ3v) is 8.10. The molecule has 0 radical (unpaired) electrons. The van der Waals surface area contributed by atoms with Gasteiger partial charge >= 0.3 is 0 Å². The number of aryl methyl sites for hydroxylation is 2. The van der Waals surface area contributed by atoms with Crippen LogP contribution in [0.4, 0.5) is 5.13 Å². The molecule has 1 aliphatic rings. The summed E-state index contributed by atoms with van der Waals surface area (Å²) in [7, 11) is 4.47. The van der Waals surface area contributed by atoms with E-state index in [0.717, 1.165) is 21.3 Å². The fraction of sp³-hybridized carbons (Fsp3) is 0.222. The number of amides is 1. The molecule has 0 bridgehead atoms. The number of nitrogens with zero attached hydrogens (tertiary/aromatic N) is 2. The quantitative estimate of drug-likeness (QED) is 0.299. The van der Waals surface area contributed by atoms with Gasteiger partial charge in [-0.2, -0.15) is 0 Å². The van der Waals surface area contributed by atoms with Crippen LogP contribution in [0.2, 0.25) is 0 Å². The molecule has 1 aliphatic heterocycles. The lowest BCUT2D eigenvalue weighted by molar-refractivity contribution is -0.117. The van der Waals surface area contributed by atoms with Gasteiger partial charge in [0.1, 0.15) is 0 Å². The van der Waals surface area contributed by atoms with E-state index in [0.29, 0.717) is 32.8 Å². The maximum atomic E-state index is 13.6. The number of carbonyl (C=O) groups excluding carboxylic acids is 2. The molecule has 8 nitrogen and oxygen atoms in total. The molecule has 5 rings (SSSR count). The van der Waals surface area contributed by atoms with E-state index in [1.54, 1.807) is 29.6 Å². The van der Waals surface area contributed by atoms with Crippen molar-refractivity contribution in [2.45, 2.75) is 19.9 Å². The van der Waals surface area contributed by atoms with Crippen molar-refractivity contribution in [3.63, 3.8) is 0 Å². The Kier molecular flexibility index (Phi) is 6.38. The van der Waals surface area contributed by atoms with Gasteiger partial charge in [0.2, 0.25) is 11.5 Å². The number of thiophene rings is 1. The SMILES string of the molecule is COc1cc(C2C(C(=O)c3cccs3)=C(O)C(=O)N2c2nc3c(C)cc(C)cc3s2)cc(OC)c1OC. The standard InChI is InChI=1S/C27H24N2O6S2/c1-13-9-14(2)21-19(10-13)37-27(28-21)29-22(15-11-16(33-3)25(35-5)17(12-15)34-4)20(24(31)26(29)32)23(30)18-7-6-8-36-18/h6-12,22,31H,1-5H3. The maximum absolute atomic E-state index is 13.6. The second-order valence-corrected chi connectivity index (χ2v) is 10.5. The average molecular weight is 537 g/mol. The predicted molar refractivity (Wildman–Crippen MR) is 144 cm³/mol. The van der Waals surface area contributed by atoms with Crippen molar-refractivity contribution in [3.8, 4) is 17.2 Å². The molecule has 0 aliphatic carbocycles. The number of aliphatic hydroxyl groups excluding tert-OH is 1. The van der Waals surface area contributed by atoms with E-state index in [1.807, 2.05) is 26.0 Å². The molecular formula is C27H24N2O6S2. The number of anilines is 1. The molecule has 190 valence electrons. The van der Waals surface area contributed by atoms with Gasteiger partial charge in [-0.3, -0.25) is 14.5 Å². The molecule has 4 aromatic rings. The molecule has 0 saturated carbocycles. The molecule has 0 spiro atoms. The fourth-order valence-corrected chi connectivity index (χ4v) is 6.46. The van der Waals surface area contributed by atoms with E-state index >= 15 is 0 Å². The molecule has 3 heterocycles. The lowest BCUT2D eigenvalue weighted by atomic mass is 9.95. The summed E-state index contributed by atoms with van der Waals surface area (Å²) in [6.07, 6.45) is 0. The number of ketones is 1. The first-order chi connectivity index (χ1) is 17.8. The molecule has 2 aromatic heterocycles. The first kappa shape index (κ1) is 24.8. The number of carbonyl (C=O) groups is 2. The van der Waals surface area contributed by atoms with Crippen LogP contribution in [0, 0.1) is 13.8 Å². The lowest BCUT2D eigenvalue weighted by Crippen LogP contribution is -2.31. The molecule has 1 atom stereocenters. The predicted octanol–water partition coefficient (Wildman–Crippen LogP) is 5.78. The van der Waals surface area contributed by atoms with Crippen molar-refractivity contribution in [1.82, 2.24) is 4.98 Å². The van der Waals surface area contributed by atoms with Crippen LogP contribution in [0.15, 0.2) is 53.1 Å². The lowest BCUT2D eigenvalue weighted by Gasteiger charge is -2.25. The minimum Gasteiger partial charge on any atom is -0.503 e. The normalized spacial score (nSPS) is 15.5. The summed E-state index contributed by atoms with van der Waals surface area (Å²) in [4.78, 5) is 33.8. The Morgan fingerprint density at radius 3 is 2.35 bits per heavy atom. The second-order valence-electron chi connectivity index (χ2n) is 8.53. The van der Waals surface area contributed by atoms with Crippen molar-refractivity contribution < 1.29 is 28.9 Å². The van der Waals surface area contributed by atoms with Gasteiger partial charge in [-0.25, -0.2) is 4.98 Å². The Morgan fingerprint density at radius 1 is 1.05 bits per heavy atom. The van der Waals surface area contributed by atoms with Crippen molar-refractivity contribution in [2.75, 3.05) is 26.2 Å². The zero-order valence-electron chi connectivity index (χ0n) is 20.8. The largest absolute Gasteiger partial charge is 0.503 e. The highest BCUT2D eigenvalue weighted by Crippen LogP contribution is 2.48. The highest BCUT2D eigenvalue weighted by molar-refractivity contribution is 7.22. The molecule has 37 heavy (non-hydrogen) atoms. The van der Waals surface area contributed by atoms with Crippen LogP contribution in [0.25, 0.3) is 10.2 Å². The van der Waals surface area contributed by atoms with Gasteiger partial charge in [-0.05, 0) is 60.2 Å². The van der Waals surface area contributed by atoms with Gasteiger partial charge < -0.3 is 19.3 Å². The van der Waals surface area contributed by atoms with E-state index in [2.05, 4.69) is 0 Å². The number of benzene rings is 2. The van der Waals surface area contributed by atoms with Gasteiger partial charge in [0.05, 0.1) is 48.0 Å². The van der Waals surface area contributed by atoms with Gasteiger partial charge in [0, 0.05) is 0 Å². The van der Waals surface area contributed by atoms with Crippen LogP contribution in [0.5, 0.6) is 17.2 Å². The van der Waals surface area contributed by atoms with Gasteiger partial charge in [0.15, 0.2) is 22.4 Å². The third kappa shape index (κ3) is 4.02. The van der Waals surface area contributed by atoms with E-state index < -0.39 is 23.5 Å². The Labute approximate surface area is 221 Å². The van der Waals surface area contributed by atoms with Gasteiger partial charge in [-0.15, -0.1) is 11.3 Å². The summed E-state index contributed by atoms with van der Waals surface area (Å²) in [5, 5.41) is 13.2. The number of rotatable bonds is 7. The maximum Gasteiger partial charge on any atom is 0.296 e. The van der Waals surface area contributed by atoms with E-state index in [-0.39, 0.29) is 5.57 Å². The van der Waals surface area contributed by atoms with Crippen LogP contribution >= 0.6 is 22.7 Å². The number of aromatic nitrogens is 1. The number of methoxy groups -OCH3 is 3. The molecule has 1 unspecified atom stereocenters. The van der Waals surface area contributed by atoms with E-state index in [4.69, 9.17) is 19.2 Å². The molecular weight excluding hydrogens is 512 g/mol. The summed E-state index contributed by atoms with van der Waals surface area (Å²) in [5.41, 5.74) is 3.27. The molecule has 2 aromatic carbocycles. The Bertz CT molecular complexity index is 1550. The number of thiazole rings is 1. The molecule has 0 fully saturated rings. The minimum atomic E-state index is -0.974. The summed E-state index contributed by atoms with van der Waals surface area (Å²) in [5.74, 6) is -0.662. The zero-order valence-corrected chi connectivity index (χ0v) is 22.5.